The number of benzene rings is 1. The number of rotatable bonds is 6. The third-order valence-corrected chi connectivity index (χ3v) is 4.04. The van der Waals surface area contributed by atoms with Crippen LogP contribution in [0.15, 0.2) is 24.3 Å². The summed E-state index contributed by atoms with van der Waals surface area (Å²) in [6.07, 6.45) is 2.20. The van der Waals surface area contributed by atoms with Crippen molar-refractivity contribution < 1.29 is 14.3 Å². The van der Waals surface area contributed by atoms with Crippen molar-refractivity contribution in [2.45, 2.75) is 32.7 Å². The number of anilines is 1. The number of likely N-dealkylation sites (N-methyl/N-ethyl adjacent to an activating group) is 1. The third kappa shape index (κ3) is 4.69. The second-order valence-corrected chi connectivity index (χ2v) is 5.52. The number of para-hydroxylation sites is 2. The molecular weight excluding hydrogens is 294 g/mol. The SMILES string of the molecule is CCOc1ccccc1NC(=O)C(=O)NC[C@@H]1CCCN1CC. The Kier molecular flexibility index (Phi) is 6.40. The van der Waals surface area contributed by atoms with Crippen LogP contribution in [0.25, 0.3) is 0 Å². The molecule has 0 unspecified atom stereocenters. The highest BCUT2D eigenvalue weighted by Gasteiger charge is 2.24. The standard InChI is InChI=1S/C17H25N3O3/c1-3-20-11-7-8-13(20)12-18-16(21)17(22)19-14-9-5-6-10-15(14)23-4-2/h5-6,9-10,13H,3-4,7-8,11-12H2,1-2H3,(H,18,21)(H,19,22)/t13-/m0/s1. The maximum absolute atomic E-state index is 12.0. The minimum atomic E-state index is -0.668. The van der Waals surface area contributed by atoms with Crippen LogP contribution in [0.3, 0.4) is 0 Å². The van der Waals surface area contributed by atoms with Gasteiger partial charge in [0.2, 0.25) is 0 Å². The first-order chi connectivity index (χ1) is 11.2. The molecule has 1 fully saturated rings. The smallest absolute Gasteiger partial charge is 0.313 e. The monoisotopic (exact) mass is 319 g/mol. The number of nitrogens with zero attached hydrogens (tertiary/aromatic N) is 1. The minimum Gasteiger partial charge on any atom is -0.492 e. The van der Waals surface area contributed by atoms with Crippen molar-refractivity contribution in [3.63, 3.8) is 0 Å². The lowest BCUT2D eigenvalue weighted by Gasteiger charge is -2.22. The highest BCUT2D eigenvalue weighted by Crippen LogP contribution is 2.23. The van der Waals surface area contributed by atoms with Gasteiger partial charge in [-0.25, -0.2) is 0 Å². The first-order valence-corrected chi connectivity index (χ1v) is 8.20. The lowest BCUT2D eigenvalue weighted by atomic mass is 10.2. The summed E-state index contributed by atoms with van der Waals surface area (Å²) in [4.78, 5) is 26.3. The lowest BCUT2D eigenvalue weighted by molar-refractivity contribution is -0.136. The molecule has 2 rings (SSSR count). The molecule has 0 aliphatic carbocycles. The van der Waals surface area contributed by atoms with Crippen molar-refractivity contribution in [2.24, 2.45) is 0 Å². The van der Waals surface area contributed by atoms with E-state index in [4.69, 9.17) is 4.74 Å². The molecule has 1 atom stereocenters. The third-order valence-electron chi connectivity index (χ3n) is 4.04. The Morgan fingerprint density at radius 3 is 2.78 bits per heavy atom. The van der Waals surface area contributed by atoms with Crippen LogP contribution in [0.5, 0.6) is 5.75 Å². The second kappa shape index (κ2) is 8.53. The van der Waals surface area contributed by atoms with Gasteiger partial charge < -0.3 is 15.4 Å². The lowest BCUT2D eigenvalue weighted by Crippen LogP contribution is -2.43. The minimum absolute atomic E-state index is 0.326. The van der Waals surface area contributed by atoms with E-state index in [-0.39, 0.29) is 0 Å². The topological polar surface area (TPSA) is 70.7 Å². The number of likely N-dealkylation sites (tertiary alicyclic amines) is 1. The highest BCUT2D eigenvalue weighted by atomic mass is 16.5. The van der Waals surface area contributed by atoms with Gasteiger partial charge in [0.1, 0.15) is 5.75 Å². The molecule has 126 valence electrons. The molecule has 1 aromatic rings. The van der Waals surface area contributed by atoms with Crippen LogP contribution in [0.2, 0.25) is 0 Å². The molecule has 0 spiro atoms. The summed E-state index contributed by atoms with van der Waals surface area (Å²) < 4.78 is 5.43. The van der Waals surface area contributed by atoms with E-state index >= 15 is 0 Å². The van der Waals surface area contributed by atoms with Gasteiger partial charge >= 0.3 is 11.8 Å². The van der Waals surface area contributed by atoms with Crippen molar-refractivity contribution in [3.05, 3.63) is 24.3 Å². The molecule has 1 aromatic carbocycles. The van der Waals surface area contributed by atoms with Gasteiger partial charge in [0, 0.05) is 12.6 Å². The Morgan fingerprint density at radius 1 is 1.26 bits per heavy atom. The summed E-state index contributed by atoms with van der Waals surface area (Å²) in [5.41, 5.74) is 0.505. The average Bonchev–Trinajstić information content (AvgIpc) is 3.02. The molecule has 0 saturated carbocycles. The maximum atomic E-state index is 12.0. The summed E-state index contributed by atoms with van der Waals surface area (Å²) in [6.45, 7) is 7.00. The molecule has 1 heterocycles. The summed E-state index contributed by atoms with van der Waals surface area (Å²) >= 11 is 0. The Hall–Kier alpha value is -2.08. The maximum Gasteiger partial charge on any atom is 0.313 e. The first-order valence-electron chi connectivity index (χ1n) is 8.20. The molecule has 0 bridgehead atoms. The predicted octanol–water partition coefficient (Wildman–Crippen LogP) is 1.62. The number of ether oxygens (including phenoxy) is 1. The molecule has 2 amide bonds. The van der Waals surface area contributed by atoms with Gasteiger partial charge in [0.05, 0.1) is 12.3 Å². The van der Waals surface area contributed by atoms with E-state index in [9.17, 15) is 9.59 Å². The van der Waals surface area contributed by atoms with E-state index in [0.29, 0.717) is 30.6 Å². The summed E-state index contributed by atoms with van der Waals surface area (Å²) in [7, 11) is 0. The molecule has 2 N–H and O–H groups in total. The number of amides is 2. The summed E-state index contributed by atoms with van der Waals surface area (Å²) in [6, 6.07) is 7.40. The van der Waals surface area contributed by atoms with E-state index in [1.54, 1.807) is 18.2 Å². The normalized spacial score (nSPS) is 17.7. The number of hydrogen-bond donors (Lipinski definition) is 2. The van der Waals surface area contributed by atoms with Crippen molar-refractivity contribution in [1.29, 1.82) is 0 Å². The highest BCUT2D eigenvalue weighted by molar-refractivity contribution is 6.39. The number of hydrogen-bond acceptors (Lipinski definition) is 4. The second-order valence-electron chi connectivity index (χ2n) is 5.52. The van der Waals surface area contributed by atoms with Crippen molar-refractivity contribution in [2.75, 3.05) is 31.6 Å². The zero-order valence-electron chi connectivity index (χ0n) is 13.8. The van der Waals surface area contributed by atoms with Crippen molar-refractivity contribution in [3.8, 4) is 5.75 Å². The number of nitrogens with one attached hydrogen (secondary N) is 2. The van der Waals surface area contributed by atoms with E-state index in [1.165, 1.54) is 0 Å². The predicted molar refractivity (Wildman–Crippen MR) is 89.5 cm³/mol. The van der Waals surface area contributed by atoms with Crippen molar-refractivity contribution in [1.82, 2.24) is 10.2 Å². The first kappa shape index (κ1) is 17.3. The van der Waals surface area contributed by atoms with Crippen LogP contribution in [-0.2, 0) is 9.59 Å². The fraction of sp³-hybridized carbons (Fsp3) is 0.529. The fourth-order valence-corrected chi connectivity index (χ4v) is 2.86. The Morgan fingerprint density at radius 2 is 2.04 bits per heavy atom. The largest absolute Gasteiger partial charge is 0.492 e. The van der Waals surface area contributed by atoms with Gasteiger partial charge in [-0.3, -0.25) is 14.5 Å². The summed E-state index contributed by atoms with van der Waals surface area (Å²) in [5, 5.41) is 5.33. The van der Waals surface area contributed by atoms with E-state index in [2.05, 4.69) is 22.5 Å². The molecule has 1 aliphatic heterocycles. The van der Waals surface area contributed by atoms with Crippen molar-refractivity contribution >= 4 is 17.5 Å². The Bertz CT molecular complexity index is 548. The molecule has 1 aliphatic rings. The Labute approximate surface area is 137 Å². The van der Waals surface area contributed by atoms with E-state index in [1.807, 2.05) is 13.0 Å². The van der Waals surface area contributed by atoms with Crippen LogP contribution in [0.1, 0.15) is 26.7 Å². The molecule has 6 nitrogen and oxygen atoms in total. The molecule has 23 heavy (non-hydrogen) atoms. The molecular formula is C17H25N3O3. The quantitative estimate of drug-likeness (QED) is 0.782. The molecule has 0 radical (unpaired) electrons. The molecule has 6 heteroatoms. The van der Waals surface area contributed by atoms with E-state index < -0.39 is 11.8 Å². The molecule has 1 saturated heterocycles. The fourth-order valence-electron chi connectivity index (χ4n) is 2.86. The average molecular weight is 319 g/mol. The number of carbonyl (C=O) groups excluding carboxylic acids is 2. The van der Waals surface area contributed by atoms with Gasteiger partial charge in [0.15, 0.2) is 0 Å². The zero-order valence-corrected chi connectivity index (χ0v) is 13.8. The van der Waals surface area contributed by atoms with Crippen LogP contribution < -0.4 is 15.4 Å². The van der Waals surface area contributed by atoms with Crippen LogP contribution in [-0.4, -0.2) is 49.0 Å². The zero-order chi connectivity index (χ0) is 16.7. The van der Waals surface area contributed by atoms with Crippen LogP contribution in [0, 0.1) is 0 Å². The van der Waals surface area contributed by atoms with Gasteiger partial charge in [-0.05, 0) is 45.0 Å². The summed E-state index contributed by atoms with van der Waals surface area (Å²) in [5.74, 6) is -0.721. The van der Waals surface area contributed by atoms with Crippen LogP contribution >= 0.6 is 0 Å². The van der Waals surface area contributed by atoms with Gasteiger partial charge in [-0.15, -0.1) is 0 Å². The van der Waals surface area contributed by atoms with Crippen LogP contribution in [0.4, 0.5) is 5.69 Å². The van der Waals surface area contributed by atoms with E-state index in [0.717, 1.165) is 25.9 Å². The molecule has 0 aromatic heterocycles. The van der Waals surface area contributed by atoms with Gasteiger partial charge in [0.25, 0.3) is 0 Å². The van der Waals surface area contributed by atoms with Gasteiger partial charge in [-0.2, -0.15) is 0 Å². The number of carbonyl (C=O) groups is 2. The Balaban J connectivity index is 1.87. The van der Waals surface area contributed by atoms with Gasteiger partial charge in [-0.1, -0.05) is 19.1 Å².